The summed E-state index contributed by atoms with van der Waals surface area (Å²) in [6, 6.07) is 6.60. The van der Waals surface area contributed by atoms with Crippen LogP contribution in [0.15, 0.2) is 22.7 Å². The molecule has 1 rings (SSSR count). The Labute approximate surface area is 82.1 Å². The Morgan fingerprint density at radius 3 is 2.67 bits per heavy atom. The Balaban J connectivity index is 2.82. The first-order chi connectivity index (χ1) is 5.59. The average molecular weight is 228 g/mol. The monoisotopic (exact) mass is 227 g/mol. The smallest absolute Gasteiger partial charge is 0.0204 e. The summed E-state index contributed by atoms with van der Waals surface area (Å²) in [5.41, 5.74) is 8.28. The quantitative estimate of drug-likeness (QED) is 0.827. The van der Waals surface area contributed by atoms with E-state index in [1.165, 1.54) is 11.1 Å². The maximum atomic E-state index is 5.70. The zero-order chi connectivity index (χ0) is 9.14. The van der Waals surface area contributed by atoms with Crippen molar-refractivity contribution in [3.8, 4) is 0 Å². The highest BCUT2D eigenvalue weighted by atomic mass is 79.9. The van der Waals surface area contributed by atoms with E-state index in [0.29, 0.717) is 0 Å². The summed E-state index contributed by atoms with van der Waals surface area (Å²) in [6.07, 6.45) is 0.952. The molecule has 2 heteroatoms. The highest BCUT2D eigenvalue weighted by Crippen LogP contribution is 2.17. The van der Waals surface area contributed by atoms with Crippen molar-refractivity contribution in [2.45, 2.75) is 26.3 Å². The summed E-state index contributed by atoms with van der Waals surface area (Å²) in [5.74, 6) is 0. The number of benzene rings is 1. The molecular formula is C10H14BrN. The van der Waals surface area contributed by atoms with Crippen molar-refractivity contribution in [1.82, 2.24) is 0 Å². The van der Waals surface area contributed by atoms with Crippen molar-refractivity contribution >= 4 is 15.9 Å². The van der Waals surface area contributed by atoms with Crippen molar-refractivity contribution in [2.75, 3.05) is 0 Å². The molecule has 66 valence electrons. The topological polar surface area (TPSA) is 26.0 Å². The largest absolute Gasteiger partial charge is 0.328 e. The maximum Gasteiger partial charge on any atom is 0.0204 e. The fraction of sp³-hybridized carbons (Fsp3) is 0.400. The molecule has 1 aromatic rings. The summed E-state index contributed by atoms with van der Waals surface area (Å²) in [6.45, 7) is 4.12. The van der Waals surface area contributed by atoms with Crippen LogP contribution in [0.3, 0.4) is 0 Å². The summed E-state index contributed by atoms with van der Waals surface area (Å²) in [4.78, 5) is 0. The van der Waals surface area contributed by atoms with Crippen molar-refractivity contribution in [2.24, 2.45) is 5.73 Å². The van der Waals surface area contributed by atoms with Crippen LogP contribution in [0.1, 0.15) is 18.1 Å². The van der Waals surface area contributed by atoms with Crippen LogP contribution in [0.2, 0.25) is 0 Å². The molecule has 12 heavy (non-hydrogen) atoms. The van der Waals surface area contributed by atoms with Gasteiger partial charge in [-0.05, 0) is 37.5 Å². The van der Waals surface area contributed by atoms with Crippen molar-refractivity contribution in [3.05, 3.63) is 33.8 Å². The third kappa shape index (κ3) is 2.61. The van der Waals surface area contributed by atoms with Crippen LogP contribution in [-0.4, -0.2) is 6.04 Å². The van der Waals surface area contributed by atoms with Gasteiger partial charge in [-0.3, -0.25) is 0 Å². The first-order valence-corrected chi connectivity index (χ1v) is 4.89. The van der Waals surface area contributed by atoms with Gasteiger partial charge in [-0.1, -0.05) is 28.1 Å². The van der Waals surface area contributed by atoms with Crippen LogP contribution in [0.4, 0.5) is 0 Å². The van der Waals surface area contributed by atoms with Gasteiger partial charge in [0, 0.05) is 10.5 Å². The van der Waals surface area contributed by atoms with E-state index in [-0.39, 0.29) is 6.04 Å². The van der Waals surface area contributed by atoms with E-state index in [1.54, 1.807) is 0 Å². The Morgan fingerprint density at radius 1 is 1.50 bits per heavy atom. The van der Waals surface area contributed by atoms with E-state index in [9.17, 15) is 0 Å². The lowest BCUT2D eigenvalue weighted by Gasteiger charge is -2.06. The third-order valence-electron chi connectivity index (χ3n) is 1.78. The Bertz CT molecular complexity index is 269. The molecule has 1 atom stereocenters. The molecule has 0 amide bonds. The van der Waals surface area contributed by atoms with Gasteiger partial charge < -0.3 is 5.73 Å². The summed E-state index contributed by atoms with van der Waals surface area (Å²) in [5, 5.41) is 0. The van der Waals surface area contributed by atoms with Gasteiger partial charge in [0.1, 0.15) is 0 Å². The van der Waals surface area contributed by atoms with Crippen LogP contribution < -0.4 is 5.73 Å². The fourth-order valence-corrected chi connectivity index (χ4v) is 1.45. The molecule has 0 radical (unpaired) electrons. The first kappa shape index (κ1) is 9.75. The molecule has 0 heterocycles. The maximum absolute atomic E-state index is 5.70. The average Bonchev–Trinajstić information content (AvgIpc) is 1.96. The molecule has 0 aliphatic carbocycles. The van der Waals surface area contributed by atoms with E-state index in [1.807, 2.05) is 6.92 Å². The zero-order valence-electron chi connectivity index (χ0n) is 7.47. The highest BCUT2D eigenvalue weighted by molar-refractivity contribution is 9.10. The first-order valence-electron chi connectivity index (χ1n) is 4.10. The minimum absolute atomic E-state index is 0.241. The predicted octanol–water partition coefficient (Wildman–Crippen LogP) is 2.65. The van der Waals surface area contributed by atoms with E-state index in [4.69, 9.17) is 5.73 Å². The lowest BCUT2D eigenvalue weighted by molar-refractivity contribution is 0.737. The van der Waals surface area contributed by atoms with Gasteiger partial charge in [0.15, 0.2) is 0 Å². The van der Waals surface area contributed by atoms with E-state index in [2.05, 4.69) is 41.1 Å². The van der Waals surface area contributed by atoms with E-state index < -0.39 is 0 Å². The molecule has 1 nitrogen and oxygen atoms in total. The molecule has 0 spiro atoms. The van der Waals surface area contributed by atoms with Crippen molar-refractivity contribution in [1.29, 1.82) is 0 Å². The number of halogens is 1. The fourth-order valence-electron chi connectivity index (χ4n) is 1.21. The molecule has 0 aromatic heterocycles. The standard InChI is InChI=1S/C10H14BrN/c1-7-5-9(6-8(2)12)3-4-10(7)11/h3-5,8H,6,12H2,1-2H3/t8-/m0/s1. The lowest BCUT2D eigenvalue weighted by atomic mass is 10.1. The molecular weight excluding hydrogens is 214 g/mol. The molecule has 0 saturated carbocycles. The molecule has 0 fully saturated rings. The number of hydrogen-bond donors (Lipinski definition) is 1. The molecule has 0 unspecified atom stereocenters. The highest BCUT2D eigenvalue weighted by Gasteiger charge is 1.99. The minimum atomic E-state index is 0.241. The molecule has 0 saturated heterocycles. The molecule has 0 aliphatic heterocycles. The van der Waals surface area contributed by atoms with E-state index >= 15 is 0 Å². The summed E-state index contributed by atoms with van der Waals surface area (Å²) in [7, 11) is 0. The van der Waals surface area contributed by atoms with Crippen LogP contribution in [-0.2, 0) is 6.42 Å². The number of hydrogen-bond acceptors (Lipinski definition) is 1. The summed E-state index contributed by atoms with van der Waals surface area (Å²) < 4.78 is 1.16. The number of aryl methyl sites for hydroxylation is 1. The second-order valence-corrected chi connectivity index (χ2v) is 4.12. The van der Waals surface area contributed by atoms with Gasteiger partial charge in [-0.25, -0.2) is 0 Å². The predicted molar refractivity (Wildman–Crippen MR) is 56.2 cm³/mol. The molecule has 0 aliphatic rings. The lowest BCUT2D eigenvalue weighted by Crippen LogP contribution is -2.17. The van der Waals surface area contributed by atoms with Crippen LogP contribution >= 0.6 is 15.9 Å². The van der Waals surface area contributed by atoms with Crippen LogP contribution in [0, 0.1) is 6.92 Å². The Kier molecular flexibility index (Phi) is 3.29. The van der Waals surface area contributed by atoms with Gasteiger partial charge >= 0.3 is 0 Å². The Hall–Kier alpha value is -0.340. The van der Waals surface area contributed by atoms with E-state index in [0.717, 1.165) is 10.9 Å². The number of rotatable bonds is 2. The van der Waals surface area contributed by atoms with Crippen molar-refractivity contribution < 1.29 is 0 Å². The normalized spacial score (nSPS) is 13.0. The third-order valence-corrected chi connectivity index (χ3v) is 2.67. The second-order valence-electron chi connectivity index (χ2n) is 3.26. The van der Waals surface area contributed by atoms with Crippen molar-refractivity contribution in [3.63, 3.8) is 0 Å². The number of nitrogens with two attached hydrogens (primary N) is 1. The molecule has 1 aromatic carbocycles. The molecule has 0 bridgehead atoms. The van der Waals surface area contributed by atoms with Gasteiger partial charge in [0.05, 0.1) is 0 Å². The van der Waals surface area contributed by atoms with Crippen LogP contribution in [0.5, 0.6) is 0 Å². The van der Waals surface area contributed by atoms with Gasteiger partial charge in [-0.15, -0.1) is 0 Å². The Morgan fingerprint density at radius 2 is 2.17 bits per heavy atom. The summed E-state index contributed by atoms with van der Waals surface area (Å²) >= 11 is 3.46. The second kappa shape index (κ2) is 4.06. The molecule has 2 N–H and O–H groups in total. The van der Waals surface area contributed by atoms with Gasteiger partial charge in [0.2, 0.25) is 0 Å². The van der Waals surface area contributed by atoms with Gasteiger partial charge in [0.25, 0.3) is 0 Å². The SMILES string of the molecule is Cc1cc(C[C@H](C)N)ccc1Br. The van der Waals surface area contributed by atoms with Gasteiger partial charge in [-0.2, -0.15) is 0 Å². The minimum Gasteiger partial charge on any atom is -0.328 e. The zero-order valence-corrected chi connectivity index (χ0v) is 9.06. The van der Waals surface area contributed by atoms with Crippen LogP contribution in [0.25, 0.3) is 0 Å².